The van der Waals surface area contributed by atoms with Gasteiger partial charge in [-0.2, -0.15) is 0 Å². The van der Waals surface area contributed by atoms with Crippen LogP contribution in [0.1, 0.15) is 78.2 Å². The Morgan fingerprint density at radius 3 is 2.56 bits per heavy atom. The minimum atomic E-state index is -0.641. The smallest absolute Gasteiger partial charge is 0.408 e. The number of benzene rings is 1. The molecule has 7 heteroatoms. The Morgan fingerprint density at radius 1 is 1.09 bits per heavy atom. The molecule has 1 unspecified atom stereocenters. The Morgan fingerprint density at radius 2 is 1.81 bits per heavy atom. The van der Waals surface area contributed by atoms with Crippen molar-refractivity contribution in [2.24, 2.45) is 0 Å². The lowest BCUT2D eigenvalue weighted by Crippen LogP contribution is -2.36. The van der Waals surface area contributed by atoms with Crippen LogP contribution in [0.4, 0.5) is 4.79 Å². The molecule has 32 heavy (non-hydrogen) atoms. The number of amides is 1. The van der Waals surface area contributed by atoms with Gasteiger partial charge in [0.2, 0.25) is 6.79 Å². The number of fused-ring (bicyclic) bond motifs is 1. The Balaban J connectivity index is 1.89. The van der Waals surface area contributed by atoms with Gasteiger partial charge in [0.25, 0.3) is 0 Å². The molecule has 1 aromatic carbocycles. The first-order valence-corrected chi connectivity index (χ1v) is 11.5. The lowest BCUT2D eigenvalue weighted by atomic mass is 10.1. The number of esters is 1. The Labute approximate surface area is 191 Å². The number of nitrogens with one attached hydrogen (secondary N) is 1. The van der Waals surface area contributed by atoms with Crippen LogP contribution in [0.5, 0.6) is 11.5 Å². The summed E-state index contributed by atoms with van der Waals surface area (Å²) in [6, 6.07) is 5.69. The van der Waals surface area contributed by atoms with Crippen LogP contribution in [-0.2, 0) is 14.3 Å². The van der Waals surface area contributed by atoms with Crippen molar-refractivity contribution < 1.29 is 28.5 Å². The van der Waals surface area contributed by atoms with E-state index < -0.39 is 17.7 Å². The van der Waals surface area contributed by atoms with Gasteiger partial charge >= 0.3 is 12.1 Å². The van der Waals surface area contributed by atoms with Gasteiger partial charge in [0.15, 0.2) is 11.5 Å². The van der Waals surface area contributed by atoms with Crippen LogP contribution in [-0.4, -0.2) is 37.1 Å². The van der Waals surface area contributed by atoms with Gasteiger partial charge < -0.3 is 24.3 Å². The molecule has 7 nitrogen and oxygen atoms in total. The maximum absolute atomic E-state index is 12.3. The molecule has 0 saturated carbocycles. The molecule has 0 bridgehead atoms. The van der Waals surface area contributed by atoms with Gasteiger partial charge in [0.05, 0.1) is 0 Å². The second kappa shape index (κ2) is 13.0. The zero-order valence-electron chi connectivity index (χ0n) is 19.8. The lowest BCUT2D eigenvalue weighted by Gasteiger charge is -2.20. The molecular weight excluding hydrogens is 410 g/mol. The standard InChI is InChI=1S/C25H37NO6/c1-5-6-7-8-9-10-11-20(31-23(27)17-26-24(28)32-25(2,3)4)14-12-19-13-15-21-22(16-19)30-18-29-21/h12-16,20H,5-11,17-18H2,1-4H3,(H,26,28)/b14-12+. The van der Waals surface area contributed by atoms with Crippen molar-refractivity contribution in [1.82, 2.24) is 5.32 Å². The molecule has 0 saturated heterocycles. The monoisotopic (exact) mass is 447 g/mol. The van der Waals surface area contributed by atoms with Crippen LogP contribution in [0.2, 0.25) is 0 Å². The molecule has 1 aliphatic heterocycles. The Hall–Kier alpha value is -2.70. The lowest BCUT2D eigenvalue weighted by molar-refractivity contribution is -0.146. The summed E-state index contributed by atoms with van der Waals surface area (Å²) in [5.74, 6) is 0.936. The highest BCUT2D eigenvalue weighted by Crippen LogP contribution is 2.32. The molecule has 2 rings (SSSR count). The van der Waals surface area contributed by atoms with Gasteiger partial charge in [0, 0.05) is 0 Å². The fourth-order valence-corrected chi connectivity index (χ4v) is 3.22. The molecule has 1 aliphatic rings. The maximum Gasteiger partial charge on any atom is 0.408 e. The maximum atomic E-state index is 12.3. The van der Waals surface area contributed by atoms with Gasteiger partial charge in [-0.15, -0.1) is 0 Å². The molecule has 1 heterocycles. The number of alkyl carbamates (subject to hydrolysis) is 1. The first kappa shape index (κ1) is 25.6. The average molecular weight is 448 g/mol. The predicted molar refractivity (Wildman–Crippen MR) is 124 cm³/mol. The second-order valence-corrected chi connectivity index (χ2v) is 8.91. The molecule has 178 valence electrons. The Kier molecular flexibility index (Phi) is 10.4. The van der Waals surface area contributed by atoms with Gasteiger partial charge in [-0.1, -0.05) is 51.2 Å². The van der Waals surface area contributed by atoms with Crippen molar-refractivity contribution >= 4 is 18.1 Å². The summed E-state index contributed by atoms with van der Waals surface area (Å²) >= 11 is 0. The third-order valence-corrected chi connectivity index (χ3v) is 4.80. The molecule has 0 radical (unpaired) electrons. The SMILES string of the molecule is CCCCCCCCC(/C=C/c1ccc2c(c1)OCO2)OC(=O)CNC(=O)OC(C)(C)C. The summed E-state index contributed by atoms with van der Waals surface area (Å²) in [5.41, 5.74) is 0.312. The molecule has 1 amide bonds. The van der Waals surface area contributed by atoms with Crippen LogP contribution in [0.3, 0.4) is 0 Å². The summed E-state index contributed by atoms with van der Waals surface area (Å²) in [6.45, 7) is 7.49. The highest BCUT2D eigenvalue weighted by atomic mass is 16.7. The molecule has 0 spiro atoms. The number of carbonyl (C=O) groups excluding carboxylic acids is 2. The van der Waals surface area contributed by atoms with Crippen LogP contribution < -0.4 is 14.8 Å². The summed E-state index contributed by atoms with van der Waals surface area (Å²) < 4.78 is 21.5. The van der Waals surface area contributed by atoms with E-state index in [2.05, 4.69) is 12.2 Å². The number of hydrogen-bond donors (Lipinski definition) is 1. The topological polar surface area (TPSA) is 83.1 Å². The van der Waals surface area contributed by atoms with Crippen molar-refractivity contribution in [3.63, 3.8) is 0 Å². The molecule has 1 N–H and O–H groups in total. The van der Waals surface area contributed by atoms with Crippen molar-refractivity contribution in [2.75, 3.05) is 13.3 Å². The number of rotatable bonds is 12. The van der Waals surface area contributed by atoms with E-state index in [0.29, 0.717) is 5.75 Å². The molecule has 0 aromatic heterocycles. The third-order valence-electron chi connectivity index (χ3n) is 4.80. The van der Waals surface area contributed by atoms with E-state index in [4.69, 9.17) is 18.9 Å². The van der Waals surface area contributed by atoms with Gasteiger partial charge in [-0.3, -0.25) is 4.79 Å². The van der Waals surface area contributed by atoms with Crippen molar-refractivity contribution in [3.05, 3.63) is 29.8 Å². The van der Waals surface area contributed by atoms with Crippen molar-refractivity contribution in [2.45, 2.75) is 84.3 Å². The zero-order chi connectivity index (χ0) is 23.4. The quantitative estimate of drug-likeness (QED) is 0.331. The fourth-order valence-electron chi connectivity index (χ4n) is 3.22. The summed E-state index contributed by atoms with van der Waals surface area (Å²) in [4.78, 5) is 24.1. The first-order valence-electron chi connectivity index (χ1n) is 11.5. The third kappa shape index (κ3) is 10.1. The van der Waals surface area contributed by atoms with E-state index in [0.717, 1.165) is 30.6 Å². The van der Waals surface area contributed by atoms with E-state index in [-0.39, 0.29) is 19.4 Å². The molecule has 0 fully saturated rings. The van der Waals surface area contributed by atoms with E-state index in [9.17, 15) is 9.59 Å². The van der Waals surface area contributed by atoms with Crippen LogP contribution in [0.15, 0.2) is 24.3 Å². The fraction of sp³-hybridized carbons (Fsp3) is 0.600. The number of unbranched alkanes of at least 4 members (excludes halogenated alkanes) is 5. The van der Waals surface area contributed by atoms with Crippen LogP contribution in [0.25, 0.3) is 6.08 Å². The molecule has 1 atom stereocenters. The summed E-state index contributed by atoms with van der Waals surface area (Å²) in [6.07, 6.45) is 10.4. The van der Waals surface area contributed by atoms with Gasteiger partial charge in [0.1, 0.15) is 18.2 Å². The average Bonchev–Trinajstić information content (AvgIpc) is 3.19. The van der Waals surface area contributed by atoms with E-state index >= 15 is 0 Å². The highest BCUT2D eigenvalue weighted by Gasteiger charge is 2.18. The minimum absolute atomic E-state index is 0.228. The summed E-state index contributed by atoms with van der Waals surface area (Å²) in [5, 5.41) is 2.45. The second-order valence-electron chi connectivity index (χ2n) is 8.91. The van der Waals surface area contributed by atoms with Crippen LogP contribution in [0, 0.1) is 0 Å². The number of ether oxygens (including phenoxy) is 4. The van der Waals surface area contributed by atoms with Crippen LogP contribution >= 0.6 is 0 Å². The van der Waals surface area contributed by atoms with E-state index in [1.807, 2.05) is 30.4 Å². The van der Waals surface area contributed by atoms with E-state index in [1.165, 1.54) is 25.7 Å². The number of carbonyl (C=O) groups is 2. The largest absolute Gasteiger partial charge is 0.457 e. The zero-order valence-corrected chi connectivity index (χ0v) is 19.8. The minimum Gasteiger partial charge on any atom is -0.457 e. The van der Waals surface area contributed by atoms with Gasteiger partial charge in [-0.05, 0) is 57.4 Å². The molecular formula is C25H37NO6. The van der Waals surface area contributed by atoms with Gasteiger partial charge in [-0.25, -0.2) is 4.79 Å². The Bertz CT molecular complexity index is 768. The number of hydrogen-bond acceptors (Lipinski definition) is 6. The normalized spacial score (nSPS) is 13.8. The van der Waals surface area contributed by atoms with Crippen molar-refractivity contribution in [3.8, 4) is 11.5 Å². The predicted octanol–water partition coefficient (Wildman–Crippen LogP) is 5.62. The van der Waals surface area contributed by atoms with Crippen molar-refractivity contribution in [1.29, 1.82) is 0 Å². The molecule has 0 aliphatic carbocycles. The molecule has 1 aromatic rings. The first-order chi connectivity index (χ1) is 15.3. The summed E-state index contributed by atoms with van der Waals surface area (Å²) in [7, 11) is 0. The van der Waals surface area contributed by atoms with E-state index in [1.54, 1.807) is 20.8 Å². The highest BCUT2D eigenvalue weighted by molar-refractivity contribution is 5.78.